The Balaban J connectivity index is 2.26. The fourth-order valence-corrected chi connectivity index (χ4v) is 3.34. The molecule has 0 radical (unpaired) electrons. The molecule has 21 heavy (non-hydrogen) atoms. The second kappa shape index (κ2) is 6.00. The summed E-state index contributed by atoms with van der Waals surface area (Å²) in [6.07, 6.45) is 6.85. The van der Waals surface area contributed by atoms with Crippen LogP contribution in [0.25, 0.3) is 10.9 Å². The standard InChI is InChI=1S/C18H23FN2/c1-3-9-20-18-14-7-5-4-6-8-15(14)21-16-11-13(19)10-12(2)17(16)18/h10-11H,3-9H2,1-2H3,(H,20,21). The Morgan fingerprint density at radius 1 is 1.19 bits per heavy atom. The van der Waals surface area contributed by atoms with E-state index < -0.39 is 0 Å². The Kier molecular flexibility index (Phi) is 4.09. The van der Waals surface area contributed by atoms with Crippen LogP contribution in [0.15, 0.2) is 12.1 Å². The molecular weight excluding hydrogens is 263 g/mol. The molecule has 1 aromatic carbocycles. The third-order valence-corrected chi connectivity index (χ3v) is 4.33. The van der Waals surface area contributed by atoms with Crippen molar-refractivity contribution in [3.05, 3.63) is 34.8 Å². The molecule has 3 heteroatoms. The van der Waals surface area contributed by atoms with Gasteiger partial charge in [0.2, 0.25) is 0 Å². The summed E-state index contributed by atoms with van der Waals surface area (Å²) in [5.41, 5.74) is 5.51. The Hall–Kier alpha value is -1.64. The molecule has 1 aliphatic rings. The number of fused-ring (bicyclic) bond motifs is 2. The van der Waals surface area contributed by atoms with Crippen LogP contribution in [0.2, 0.25) is 0 Å². The number of anilines is 1. The van der Waals surface area contributed by atoms with Gasteiger partial charge in [0.15, 0.2) is 0 Å². The summed E-state index contributed by atoms with van der Waals surface area (Å²) in [5, 5.41) is 4.69. The number of pyridine rings is 1. The van der Waals surface area contributed by atoms with E-state index in [1.807, 2.05) is 6.92 Å². The zero-order valence-electron chi connectivity index (χ0n) is 12.9. The molecule has 2 nitrogen and oxygen atoms in total. The van der Waals surface area contributed by atoms with Crippen molar-refractivity contribution >= 4 is 16.6 Å². The second-order valence-corrected chi connectivity index (χ2v) is 6.02. The predicted molar refractivity (Wildman–Crippen MR) is 86.5 cm³/mol. The average molecular weight is 286 g/mol. The monoisotopic (exact) mass is 286 g/mol. The number of nitrogens with one attached hydrogen (secondary N) is 1. The lowest BCUT2D eigenvalue weighted by Gasteiger charge is -2.18. The fraction of sp³-hybridized carbons (Fsp3) is 0.500. The molecule has 0 saturated carbocycles. The van der Waals surface area contributed by atoms with Crippen LogP contribution in [0.4, 0.5) is 10.1 Å². The first-order valence-electron chi connectivity index (χ1n) is 8.06. The predicted octanol–water partition coefficient (Wildman–Crippen LogP) is 4.77. The molecule has 1 aromatic heterocycles. The maximum absolute atomic E-state index is 13.7. The Bertz CT molecular complexity index is 664. The fourth-order valence-electron chi connectivity index (χ4n) is 3.34. The minimum atomic E-state index is -0.192. The van der Waals surface area contributed by atoms with Gasteiger partial charge < -0.3 is 5.32 Å². The SMILES string of the molecule is CCCNc1c2c(nc3cc(F)cc(C)c13)CCCCC2. The molecule has 0 bridgehead atoms. The van der Waals surface area contributed by atoms with Gasteiger partial charge in [0.25, 0.3) is 0 Å². The number of rotatable bonds is 3. The molecule has 2 aromatic rings. The summed E-state index contributed by atoms with van der Waals surface area (Å²) in [7, 11) is 0. The molecule has 3 rings (SSSR count). The summed E-state index contributed by atoms with van der Waals surface area (Å²) in [4.78, 5) is 4.79. The first kappa shape index (κ1) is 14.3. The van der Waals surface area contributed by atoms with Crippen LogP contribution in [-0.2, 0) is 12.8 Å². The summed E-state index contributed by atoms with van der Waals surface area (Å²) in [6.45, 7) is 5.09. The van der Waals surface area contributed by atoms with Crippen molar-refractivity contribution in [1.29, 1.82) is 0 Å². The number of hydrogen-bond acceptors (Lipinski definition) is 2. The molecule has 0 saturated heterocycles. The quantitative estimate of drug-likeness (QED) is 0.822. The van der Waals surface area contributed by atoms with E-state index in [0.717, 1.165) is 42.3 Å². The van der Waals surface area contributed by atoms with Crippen molar-refractivity contribution in [3.8, 4) is 0 Å². The number of aromatic nitrogens is 1. The second-order valence-electron chi connectivity index (χ2n) is 6.02. The van der Waals surface area contributed by atoms with E-state index in [1.165, 1.54) is 36.2 Å². The van der Waals surface area contributed by atoms with Gasteiger partial charge in [0, 0.05) is 29.4 Å². The van der Waals surface area contributed by atoms with Crippen molar-refractivity contribution in [3.63, 3.8) is 0 Å². The van der Waals surface area contributed by atoms with Crippen LogP contribution < -0.4 is 5.32 Å². The van der Waals surface area contributed by atoms with E-state index in [-0.39, 0.29) is 5.82 Å². The van der Waals surface area contributed by atoms with Crippen molar-refractivity contribution in [2.45, 2.75) is 52.4 Å². The Morgan fingerprint density at radius 3 is 2.81 bits per heavy atom. The highest BCUT2D eigenvalue weighted by molar-refractivity contribution is 5.96. The third kappa shape index (κ3) is 2.74. The van der Waals surface area contributed by atoms with Crippen molar-refractivity contribution in [1.82, 2.24) is 4.98 Å². The molecule has 0 amide bonds. The van der Waals surface area contributed by atoms with E-state index >= 15 is 0 Å². The van der Waals surface area contributed by atoms with Gasteiger partial charge >= 0.3 is 0 Å². The maximum atomic E-state index is 13.7. The molecule has 0 atom stereocenters. The van der Waals surface area contributed by atoms with Gasteiger partial charge in [-0.25, -0.2) is 4.39 Å². The van der Waals surface area contributed by atoms with Gasteiger partial charge in [-0.15, -0.1) is 0 Å². The van der Waals surface area contributed by atoms with Crippen molar-refractivity contribution in [2.24, 2.45) is 0 Å². The van der Waals surface area contributed by atoms with E-state index in [0.29, 0.717) is 0 Å². The largest absolute Gasteiger partial charge is 0.384 e. The molecule has 0 spiro atoms. The van der Waals surface area contributed by atoms with Gasteiger partial charge in [-0.1, -0.05) is 13.3 Å². The van der Waals surface area contributed by atoms with Crippen LogP contribution in [0.3, 0.4) is 0 Å². The minimum absolute atomic E-state index is 0.192. The van der Waals surface area contributed by atoms with Crippen LogP contribution in [0, 0.1) is 12.7 Å². The van der Waals surface area contributed by atoms with Gasteiger partial charge in [0.05, 0.1) is 5.52 Å². The van der Waals surface area contributed by atoms with Crippen LogP contribution >= 0.6 is 0 Å². The van der Waals surface area contributed by atoms with Gasteiger partial charge in [-0.05, 0) is 56.2 Å². The smallest absolute Gasteiger partial charge is 0.125 e. The maximum Gasteiger partial charge on any atom is 0.125 e. The first-order chi connectivity index (χ1) is 10.2. The highest BCUT2D eigenvalue weighted by Crippen LogP contribution is 2.35. The molecule has 1 N–H and O–H groups in total. The molecule has 0 unspecified atom stereocenters. The minimum Gasteiger partial charge on any atom is -0.384 e. The average Bonchev–Trinajstić information content (AvgIpc) is 2.68. The number of nitrogens with zero attached hydrogens (tertiary/aromatic N) is 1. The summed E-state index contributed by atoms with van der Waals surface area (Å²) >= 11 is 0. The van der Waals surface area contributed by atoms with Gasteiger partial charge in [-0.3, -0.25) is 4.98 Å². The van der Waals surface area contributed by atoms with Crippen molar-refractivity contribution in [2.75, 3.05) is 11.9 Å². The van der Waals surface area contributed by atoms with Crippen LogP contribution in [0.5, 0.6) is 0 Å². The van der Waals surface area contributed by atoms with E-state index in [1.54, 1.807) is 12.1 Å². The molecular formula is C18H23FN2. The van der Waals surface area contributed by atoms with E-state index in [9.17, 15) is 4.39 Å². The lowest BCUT2D eigenvalue weighted by Crippen LogP contribution is -2.08. The zero-order valence-corrected chi connectivity index (χ0v) is 12.9. The molecule has 1 aliphatic carbocycles. The highest BCUT2D eigenvalue weighted by Gasteiger charge is 2.18. The Labute approximate surface area is 125 Å². The van der Waals surface area contributed by atoms with Crippen LogP contribution in [0.1, 0.15) is 49.4 Å². The van der Waals surface area contributed by atoms with Crippen molar-refractivity contribution < 1.29 is 4.39 Å². The molecule has 0 fully saturated rings. The molecule has 0 aliphatic heterocycles. The summed E-state index contributed by atoms with van der Waals surface area (Å²) in [5.74, 6) is -0.192. The lowest BCUT2D eigenvalue weighted by molar-refractivity contribution is 0.628. The summed E-state index contributed by atoms with van der Waals surface area (Å²) < 4.78 is 13.7. The zero-order chi connectivity index (χ0) is 14.8. The number of hydrogen-bond donors (Lipinski definition) is 1. The normalized spacial score (nSPS) is 14.8. The van der Waals surface area contributed by atoms with Crippen LogP contribution in [-0.4, -0.2) is 11.5 Å². The number of benzene rings is 1. The lowest BCUT2D eigenvalue weighted by atomic mass is 9.99. The number of halogens is 1. The summed E-state index contributed by atoms with van der Waals surface area (Å²) in [6, 6.07) is 3.19. The third-order valence-electron chi connectivity index (χ3n) is 4.33. The van der Waals surface area contributed by atoms with E-state index in [2.05, 4.69) is 12.2 Å². The van der Waals surface area contributed by atoms with Gasteiger partial charge in [-0.2, -0.15) is 0 Å². The molecule has 112 valence electrons. The Morgan fingerprint density at radius 2 is 2.00 bits per heavy atom. The van der Waals surface area contributed by atoms with Gasteiger partial charge in [0.1, 0.15) is 5.82 Å². The number of aryl methyl sites for hydroxylation is 2. The van der Waals surface area contributed by atoms with E-state index in [4.69, 9.17) is 4.98 Å². The topological polar surface area (TPSA) is 24.9 Å². The molecule has 1 heterocycles. The first-order valence-corrected chi connectivity index (χ1v) is 8.06. The highest BCUT2D eigenvalue weighted by atomic mass is 19.1.